The molecule has 1 amide bonds. The third-order valence-electron chi connectivity index (χ3n) is 4.43. The summed E-state index contributed by atoms with van der Waals surface area (Å²) >= 11 is 11.8. The predicted molar refractivity (Wildman–Crippen MR) is 99.2 cm³/mol. The molecule has 1 saturated heterocycles. The summed E-state index contributed by atoms with van der Waals surface area (Å²) in [5, 5.41) is 5.30. The number of halogens is 2. The maximum Gasteiger partial charge on any atom is 0.254 e. The van der Waals surface area contributed by atoms with E-state index in [4.69, 9.17) is 27.7 Å². The van der Waals surface area contributed by atoms with Gasteiger partial charge in [-0.15, -0.1) is 0 Å². The van der Waals surface area contributed by atoms with Gasteiger partial charge in [0.15, 0.2) is 0 Å². The molecular weight excluding hydrogens is 373 g/mol. The monoisotopic (exact) mass is 387 g/mol. The van der Waals surface area contributed by atoms with E-state index >= 15 is 0 Å². The number of carbonyl (C=O) groups excluding carboxylic acids is 1. The number of carbonyl (C=O) groups is 1. The zero-order valence-corrected chi connectivity index (χ0v) is 15.2. The summed E-state index contributed by atoms with van der Waals surface area (Å²) in [6.45, 7) is 0.658. The molecule has 0 spiro atoms. The predicted octanol–water partition coefficient (Wildman–Crippen LogP) is 5.02. The van der Waals surface area contributed by atoms with Crippen LogP contribution in [0.15, 0.2) is 53.1 Å². The van der Waals surface area contributed by atoms with Gasteiger partial charge in [-0.25, -0.2) is 0 Å². The molecule has 5 nitrogen and oxygen atoms in total. The minimum Gasteiger partial charge on any atom is -0.337 e. The van der Waals surface area contributed by atoms with Crippen molar-refractivity contribution in [2.24, 2.45) is 0 Å². The van der Waals surface area contributed by atoms with Crippen molar-refractivity contribution in [3.05, 3.63) is 70.0 Å². The molecule has 0 bridgehead atoms. The smallest absolute Gasteiger partial charge is 0.254 e. The van der Waals surface area contributed by atoms with Crippen molar-refractivity contribution in [2.75, 3.05) is 6.54 Å². The molecule has 1 aliphatic rings. The summed E-state index contributed by atoms with van der Waals surface area (Å²) in [5.74, 6) is 0.882. The van der Waals surface area contributed by atoms with Crippen LogP contribution in [-0.2, 0) is 0 Å². The van der Waals surface area contributed by atoms with E-state index in [1.54, 1.807) is 41.3 Å². The van der Waals surface area contributed by atoms with Gasteiger partial charge >= 0.3 is 0 Å². The first-order valence-corrected chi connectivity index (χ1v) is 9.03. The van der Waals surface area contributed by atoms with E-state index < -0.39 is 0 Å². The van der Waals surface area contributed by atoms with Crippen LogP contribution in [0.4, 0.5) is 0 Å². The van der Waals surface area contributed by atoms with Gasteiger partial charge in [-0.05, 0) is 61.4 Å². The highest BCUT2D eigenvalue weighted by molar-refractivity contribution is 6.30. The van der Waals surface area contributed by atoms with E-state index in [0.29, 0.717) is 33.9 Å². The first-order valence-electron chi connectivity index (χ1n) is 8.28. The number of benzene rings is 2. The van der Waals surface area contributed by atoms with E-state index in [1.807, 2.05) is 12.1 Å². The molecule has 0 N–H and O–H groups in total. The second-order valence-electron chi connectivity index (χ2n) is 6.13. The molecule has 2 heterocycles. The molecule has 26 heavy (non-hydrogen) atoms. The topological polar surface area (TPSA) is 59.2 Å². The minimum atomic E-state index is -0.216. The fourth-order valence-corrected chi connectivity index (χ4v) is 3.36. The third-order valence-corrected chi connectivity index (χ3v) is 4.94. The maximum absolute atomic E-state index is 12.8. The van der Waals surface area contributed by atoms with Gasteiger partial charge in [0.25, 0.3) is 5.91 Å². The largest absolute Gasteiger partial charge is 0.337 e. The quantitative estimate of drug-likeness (QED) is 0.632. The minimum absolute atomic E-state index is 0.0598. The lowest BCUT2D eigenvalue weighted by molar-refractivity contribution is 0.0710. The van der Waals surface area contributed by atoms with E-state index in [2.05, 4.69) is 10.1 Å². The molecule has 1 atom stereocenters. The molecule has 1 unspecified atom stereocenters. The van der Waals surface area contributed by atoms with Crippen molar-refractivity contribution < 1.29 is 9.32 Å². The van der Waals surface area contributed by atoms with Crippen LogP contribution in [0.2, 0.25) is 10.0 Å². The number of aromatic nitrogens is 2. The Hall–Kier alpha value is -2.37. The average Bonchev–Trinajstić information content (AvgIpc) is 3.31. The third kappa shape index (κ3) is 3.32. The maximum atomic E-state index is 12.8. The summed E-state index contributed by atoms with van der Waals surface area (Å²) in [5.41, 5.74) is 1.41. The summed E-state index contributed by atoms with van der Waals surface area (Å²) < 4.78 is 5.46. The Balaban J connectivity index is 1.58. The standard InChI is InChI=1S/C19H15Cl2N3O2/c20-14-7-3-12(4-8-14)17-22-18(26-23-17)16-2-1-11-24(16)19(25)13-5-9-15(21)10-6-13/h3-10,16H,1-2,11H2. The molecule has 2 aromatic carbocycles. The average molecular weight is 388 g/mol. The highest BCUT2D eigenvalue weighted by atomic mass is 35.5. The highest BCUT2D eigenvalue weighted by Crippen LogP contribution is 2.33. The van der Waals surface area contributed by atoms with Crippen molar-refractivity contribution in [2.45, 2.75) is 18.9 Å². The molecule has 1 fully saturated rings. The van der Waals surface area contributed by atoms with Crippen LogP contribution in [0.3, 0.4) is 0 Å². The molecule has 3 aromatic rings. The molecule has 4 rings (SSSR count). The Morgan fingerprint density at radius 2 is 1.69 bits per heavy atom. The van der Waals surface area contributed by atoms with Gasteiger partial charge in [0.05, 0.1) is 0 Å². The van der Waals surface area contributed by atoms with Gasteiger partial charge < -0.3 is 9.42 Å². The van der Waals surface area contributed by atoms with Crippen LogP contribution in [0.25, 0.3) is 11.4 Å². The van der Waals surface area contributed by atoms with E-state index in [1.165, 1.54) is 0 Å². The SMILES string of the molecule is O=C(c1ccc(Cl)cc1)N1CCCC1c1nc(-c2ccc(Cl)cc2)no1. The van der Waals surface area contributed by atoms with Crippen LogP contribution >= 0.6 is 23.2 Å². The Bertz CT molecular complexity index is 923. The van der Waals surface area contributed by atoms with Crippen molar-refractivity contribution in [1.29, 1.82) is 0 Å². The Morgan fingerprint density at radius 1 is 1.04 bits per heavy atom. The molecule has 1 aromatic heterocycles. The van der Waals surface area contributed by atoms with Gasteiger partial charge in [-0.3, -0.25) is 4.79 Å². The fraction of sp³-hybridized carbons (Fsp3) is 0.211. The lowest BCUT2D eigenvalue weighted by Gasteiger charge is -2.21. The Labute approximate surface area is 160 Å². The van der Waals surface area contributed by atoms with Crippen LogP contribution in [-0.4, -0.2) is 27.5 Å². The van der Waals surface area contributed by atoms with Crippen molar-refractivity contribution in [1.82, 2.24) is 15.0 Å². The van der Waals surface area contributed by atoms with Gasteiger partial charge in [0, 0.05) is 27.7 Å². The van der Waals surface area contributed by atoms with Crippen LogP contribution in [0.5, 0.6) is 0 Å². The molecule has 0 aliphatic carbocycles. The summed E-state index contributed by atoms with van der Waals surface area (Å²) in [4.78, 5) is 19.1. The number of nitrogens with zero attached hydrogens (tertiary/aromatic N) is 3. The van der Waals surface area contributed by atoms with E-state index in [0.717, 1.165) is 18.4 Å². The van der Waals surface area contributed by atoms with E-state index in [9.17, 15) is 4.79 Å². The number of likely N-dealkylation sites (tertiary alicyclic amines) is 1. The second-order valence-corrected chi connectivity index (χ2v) is 7.00. The van der Waals surface area contributed by atoms with Crippen molar-refractivity contribution >= 4 is 29.1 Å². The Kier molecular flexibility index (Phi) is 4.66. The lowest BCUT2D eigenvalue weighted by Crippen LogP contribution is -2.30. The number of hydrogen-bond donors (Lipinski definition) is 0. The lowest BCUT2D eigenvalue weighted by atomic mass is 10.1. The van der Waals surface area contributed by atoms with Crippen LogP contribution in [0, 0.1) is 0 Å². The number of rotatable bonds is 3. The summed E-state index contributed by atoms with van der Waals surface area (Å²) in [7, 11) is 0. The summed E-state index contributed by atoms with van der Waals surface area (Å²) in [6, 6.07) is 13.9. The molecule has 1 aliphatic heterocycles. The molecule has 7 heteroatoms. The highest BCUT2D eigenvalue weighted by Gasteiger charge is 2.34. The zero-order valence-electron chi connectivity index (χ0n) is 13.7. The summed E-state index contributed by atoms with van der Waals surface area (Å²) in [6.07, 6.45) is 1.68. The molecular formula is C19H15Cl2N3O2. The normalized spacial score (nSPS) is 16.8. The molecule has 0 radical (unpaired) electrons. The Morgan fingerprint density at radius 3 is 2.38 bits per heavy atom. The van der Waals surface area contributed by atoms with Crippen molar-refractivity contribution in [3.63, 3.8) is 0 Å². The van der Waals surface area contributed by atoms with E-state index in [-0.39, 0.29) is 11.9 Å². The number of amides is 1. The fourth-order valence-electron chi connectivity index (χ4n) is 3.11. The first kappa shape index (κ1) is 17.1. The van der Waals surface area contributed by atoms with Crippen LogP contribution in [0.1, 0.15) is 35.1 Å². The molecule has 132 valence electrons. The van der Waals surface area contributed by atoms with Gasteiger partial charge in [0.2, 0.25) is 11.7 Å². The first-order chi connectivity index (χ1) is 12.6. The van der Waals surface area contributed by atoms with Gasteiger partial charge in [-0.2, -0.15) is 4.98 Å². The van der Waals surface area contributed by atoms with Crippen molar-refractivity contribution in [3.8, 4) is 11.4 Å². The number of hydrogen-bond acceptors (Lipinski definition) is 4. The molecule has 0 saturated carbocycles. The second kappa shape index (κ2) is 7.09. The van der Waals surface area contributed by atoms with Gasteiger partial charge in [-0.1, -0.05) is 28.4 Å². The van der Waals surface area contributed by atoms with Crippen LogP contribution < -0.4 is 0 Å². The zero-order chi connectivity index (χ0) is 18.1. The van der Waals surface area contributed by atoms with Gasteiger partial charge in [0.1, 0.15) is 6.04 Å².